The average molecular weight is 487 g/mol. The Hall–Kier alpha value is -2.78. The molecule has 0 fully saturated rings. The van der Waals surface area contributed by atoms with Crippen molar-refractivity contribution in [3.8, 4) is 10.9 Å². The number of hydrogen-bond acceptors (Lipinski definition) is 5. The molecular formula is C21H16BrFN4O2S. The van der Waals surface area contributed by atoms with E-state index in [1.807, 2.05) is 25.1 Å². The zero-order valence-corrected chi connectivity index (χ0v) is 18.5. The minimum absolute atomic E-state index is 0.157. The molecule has 1 N–H and O–H groups in total. The van der Waals surface area contributed by atoms with Gasteiger partial charge >= 0.3 is 0 Å². The number of amides is 1. The van der Waals surface area contributed by atoms with Crippen LogP contribution in [0.2, 0.25) is 0 Å². The highest BCUT2D eigenvalue weighted by atomic mass is 79.9. The van der Waals surface area contributed by atoms with Gasteiger partial charge in [-0.25, -0.2) is 9.37 Å². The second kappa shape index (κ2) is 7.17. The molecule has 9 heteroatoms. The molecule has 1 aliphatic heterocycles. The normalized spacial score (nSPS) is 15.9. The monoisotopic (exact) mass is 486 g/mol. The van der Waals surface area contributed by atoms with E-state index in [0.717, 1.165) is 31.7 Å². The molecule has 1 amide bonds. The molecule has 152 valence electrons. The molecule has 0 spiro atoms. The lowest BCUT2D eigenvalue weighted by Gasteiger charge is -2.24. The largest absolute Gasteiger partial charge is 0.497 e. The van der Waals surface area contributed by atoms with Gasteiger partial charge in [-0.1, -0.05) is 27.3 Å². The molecule has 2 aromatic carbocycles. The van der Waals surface area contributed by atoms with Crippen LogP contribution in [0.15, 0.2) is 40.9 Å². The topological polar surface area (TPSA) is 69.0 Å². The van der Waals surface area contributed by atoms with Crippen molar-refractivity contribution in [3.63, 3.8) is 0 Å². The number of thiazole rings is 1. The second-order valence-corrected chi connectivity index (χ2v) is 8.99. The predicted molar refractivity (Wildman–Crippen MR) is 117 cm³/mol. The third kappa shape index (κ3) is 3.09. The van der Waals surface area contributed by atoms with Crippen molar-refractivity contribution in [1.82, 2.24) is 14.8 Å². The molecule has 1 atom stereocenters. The van der Waals surface area contributed by atoms with Gasteiger partial charge in [-0.2, -0.15) is 9.78 Å². The fourth-order valence-corrected chi connectivity index (χ4v) is 5.17. The molecule has 1 unspecified atom stereocenters. The average Bonchev–Trinajstić information content (AvgIpc) is 3.29. The van der Waals surface area contributed by atoms with Crippen LogP contribution in [0, 0.1) is 12.7 Å². The number of carbonyl (C=O) groups excluding carboxylic acids is 1. The summed E-state index contributed by atoms with van der Waals surface area (Å²) < 4.78 is 23.3. The lowest BCUT2D eigenvalue weighted by molar-refractivity contribution is -0.116. The summed E-state index contributed by atoms with van der Waals surface area (Å²) in [6, 6.07) is 10.4. The molecule has 3 heterocycles. The van der Waals surface area contributed by atoms with Crippen molar-refractivity contribution >= 4 is 49.2 Å². The van der Waals surface area contributed by atoms with Gasteiger partial charge < -0.3 is 10.1 Å². The van der Waals surface area contributed by atoms with Crippen molar-refractivity contribution in [3.05, 3.63) is 63.5 Å². The number of halogens is 2. The molecule has 0 aliphatic carbocycles. The van der Waals surface area contributed by atoms with E-state index in [-0.39, 0.29) is 18.1 Å². The molecule has 0 saturated heterocycles. The van der Waals surface area contributed by atoms with Gasteiger partial charge in [0.05, 0.1) is 23.0 Å². The summed E-state index contributed by atoms with van der Waals surface area (Å²) in [5.41, 5.74) is 2.82. The molecule has 0 saturated carbocycles. The van der Waals surface area contributed by atoms with E-state index >= 15 is 0 Å². The van der Waals surface area contributed by atoms with E-state index in [1.54, 1.807) is 23.9 Å². The number of methoxy groups -OCH3 is 1. The number of aromatic nitrogens is 3. The summed E-state index contributed by atoms with van der Waals surface area (Å²) in [5.74, 6) is 0.336. The maximum absolute atomic E-state index is 14.6. The lowest BCUT2D eigenvalue weighted by atomic mass is 9.85. The van der Waals surface area contributed by atoms with Crippen molar-refractivity contribution in [2.45, 2.75) is 19.3 Å². The number of hydrogen-bond donors (Lipinski definition) is 1. The molecule has 4 aromatic rings. The Morgan fingerprint density at radius 2 is 2.13 bits per heavy atom. The SMILES string of the molecule is COc1ccc2nc(-n3nc(C)c4c3NC(=O)CC4c3cc(Br)ccc3F)sc2c1. The van der Waals surface area contributed by atoms with Crippen LogP contribution < -0.4 is 10.1 Å². The molecule has 6 nitrogen and oxygen atoms in total. The first kappa shape index (κ1) is 19.2. The maximum atomic E-state index is 14.6. The predicted octanol–water partition coefficient (Wildman–Crippen LogP) is 5.17. The Morgan fingerprint density at radius 1 is 1.30 bits per heavy atom. The Morgan fingerprint density at radius 3 is 2.93 bits per heavy atom. The van der Waals surface area contributed by atoms with Gasteiger partial charge in [0.1, 0.15) is 17.4 Å². The molecule has 5 rings (SSSR count). The van der Waals surface area contributed by atoms with Gasteiger partial charge in [0.15, 0.2) is 0 Å². The van der Waals surface area contributed by atoms with Gasteiger partial charge in [-0.05, 0) is 48.9 Å². The summed E-state index contributed by atoms with van der Waals surface area (Å²) in [7, 11) is 1.62. The van der Waals surface area contributed by atoms with Crippen LogP contribution in [0.3, 0.4) is 0 Å². The van der Waals surface area contributed by atoms with Gasteiger partial charge in [-0.3, -0.25) is 4.79 Å². The van der Waals surface area contributed by atoms with Gasteiger partial charge in [0, 0.05) is 22.4 Å². The van der Waals surface area contributed by atoms with Crippen LogP contribution in [0.25, 0.3) is 15.3 Å². The van der Waals surface area contributed by atoms with Crippen LogP contribution >= 0.6 is 27.3 Å². The summed E-state index contributed by atoms with van der Waals surface area (Å²) in [4.78, 5) is 17.2. The minimum Gasteiger partial charge on any atom is -0.497 e. The van der Waals surface area contributed by atoms with Crippen LogP contribution in [0.4, 0.5) is 10.2 Å². The van der Waals surface area contributed by atoms with Gasteiger partial charge in [0.2, 0.25) is 11.0 Å². The van der Waals surface area contributed by atoms with E-state index in [0.29, 0.717) is 16.5 Å². The number of rotatable bonds is 3. The molecule has 0 radical (unpaired) electrons. The van der Waals surface area contributed by atoms with E-state index in [2.05, 4.69) is 31.3 Å². The minimum atomic E-state index is -0.422. The highest BCUT2D eigenvalue weighted by molar-refractivity contribution is 9.10. The van der Waals surface area contributed by atoms with Crippen LogP contribution in [-0.4, -0.2) is 27.8 Å². The summed E-state index contributed by atoms with van der Waals surface area (Å²) in [6.07, 6.45) is 0.157. The maximum Gasteiger partial charge on any atom is 0.226 e. The first-order valence-corrected chi connectivity index (χ1v) is 10.8. The van der Waals surface area contributed by atoms with Crippen molar-refractivity contribution in [1.29, 1.82) is 0 Å². The third-order valence-electron chi connectivity index (χ3n) is 5.20. The molecule has 0 bridgehead atoms. The standard InChI is InChI=1S/C21H16BrFN4O2S/c1-10-19-14(13-7-11(22)3-5-15(13)23)9-18(28)25-20(19)27(26-10)21-24-16-6-4-12(29-2)8-17(16)30-21/h3-8,14H,9H2,1-2H3,(H,25,28). The number of ether oxygens (including phenoxy) is 1. The Balaban J connectivity index is 1.67. The van der Waals surface area contributed by atoms with E-state index < -0.39 is 5.92 Å². The number of carbonyl (C=O) groups is 1. The van der Waals surface area contributed by atoms with Crippen LogP contribution in [0.1, 0.15) is 29.2 Å². The number of nitrogens with zero attached hydrogens (tertiary/aromatic N) is 3. The first-order valence-electron chi connectivity index (χ1n) is 9.24. The van der Waals surface area contributed by atoms with Gasteiger partial charge in [-0.15, -0.1) is 0 Å². The van der Waals surface area contributed by atoms with E-state index in [1.165, 1.54) is 17.4 Å². The zero-order chi connectivity index (χ0) is 21.0. The molecule has 2 aromatic heterocycles. The number of benzene rings is 2. The summed E-state index contributed by atoms with van der Waals surface area (Å²) >= 11 is 4.85. The molecule has 30 heavy (non-hydrogen) atoms. The number of anilines is 1. The summed E-state index contributed by atoms with van der Waals surface area (Å²) in [5, 5.41) is 8.19. The quantitative estimate of drug-likeness (QED) is 0.433. The lowest BCUT2D eigenvalue weighted by Crippen LogP contribution is -2.25. The smallest absolute Gasteiger partial charge is 0.226 e. The Bertz CT molecular complexity index is 1320. The third-order valence-corrected chi connectivity index (χ3v) is 6.69. The first-order chi connectivity index (χ1) is 14.4. The number of nitrogens with one attached hydrogen (secondary N) is 1. The van der Waals surface area contributed by atoms with E-state index in [4.69, 9.17) is 4.74 Å². The van der Waals surface area contributed by atoms with Crippen LogP contribution in [0.5, 0.6) is 5.75 Å². The van der Waals surface area contributed by atoms with Gasteiger partial charge in [0.25, 0.3) is 0 Å². The molecule has 1 aliphatic rings. The summed E-state index contributed by atoms with van der Waals surface area (Å²) in [6.45, 7) is 1.87. The van der Waals surface area contributed by atoms with Crippen LogP contribution in [-0.2, 0) is 4.79 Å². The number of aryl methyl sites for hydroxylation is 1. The highest BCUT2D eigenvalue weighted by Crippen LogP contribution is 2.42. The fourth-order valence-electron chi connectivity index (χ4n) is 3.84. The second-order valence-electron chi connectivity index (χ2n) is 7.06. The van der Waals surface area contributed by atoms with E-state index in [9.17, 15) is 9.18 Å². The number of fused-ring (bicyclic) bond motifs is 2. The zero-order valence-electron chi connectivity index (χ0n) is 16.1. The van der Waals surface area contributed by atoms with Crippen molar-refractivity contribution < 1.29 is 13.9 Å². The highest BCUT2D eigenvalue weighted by Gasteiger charge is 2.34. The Labute approximate surface area is 183 Å². The Kier molecular flexibility index (Phi) is 4.59. The van der Waals surface area contributed by atoms with Crippen molar-refractivity contribution in [2.75, 3.05) is 12.4 Å². The van der Waals surface area contributed by atoms with Crippen molar-refractivity contribution in [2.24, 2.45) is 0 Å². The fraction of sp³-hybridized carbons (Fsp3) is 0.190. The molecular weight excluding hydrogens is 471 g/mol.